The van der Waals surface area contributed by atoms with Crippen LogP contribution in [0, 0.1) is 0 Å². The predicted octanol–water partition coefficient (Wildman–Crippen LogP) is 10.7. The van der Waals surface area contributed by atoms with Crippen LogP contribution in [0.1, 0.15) is 102 Å². The van der Waals surface area contributed by atoms with Gasteiger partial charge in [-0.3, -0.25) is 4.79 Å². The van der Waals surface area contributed by atoms with Crippen molar-refractivity contribution in [2.45, 2.75) is 51.4 Å². The van der Waals surface area contributed by atoms with Crippen molar-refractivity contribution in [2.24, 2.45) is 0 Å². The van der Waals surface area contributed by atoms with Gasteiger partial charge in [-0.15, -0.1) is 0 Å². The Hall–Kier alpha value is -7.13. The van der Waals surface area contributed by atoms with Gasteiger partial charge < -0.3 is 18.9 Å². The van der Waals surface area contributed by atoms with Crippen molar-refractivity contribution in [1.82, 2.24) is 0 Å². The quantitative estimate of drug-likeness (QED) is 0.0363. The molecule has 0 heterocycles. The monoisotopic (exact) mass is 774 g/mol. The third kappa shape index (κ3) is 11.5. The minimum Gasteiger partial charge on any atom is -0.422 e. The molecule has 0 atom stereocenters. The van der Waals surface area contributed by atoms with E-state index in [1.807, 2.05) is 6.07 Å². The van der Waals surface area contributed by atoms with E-state index in [1.165, 1.54) is 12.1 Å². The van der Waals surface area contributed by atoms with Crippen LogP contribution in [0.15, 0.2) is 158 Å². The first-order valence-electron chi connectivity index (χ1n) is 19.2. The molecule has 9 heteroatoms. The molecule has 0 amide bonds. The fraction of sp³-hybridized carbons (Fsp3) is 0.163. The average Bonchev–Trinajstić information content (AvgIpc) is 3.26. The first-order chi connectivity index (χ1) is 28.4. The second-order valence-corrected chi connectivity index (χ2v) is 13.5. The van der Waals surface area contributed by atoms with Crippen LogP contribution in [0.2, 0.25) is 0 Å². The van der Waals surface area contributed by atoms with Gasteiger partial charge >= 0.3 is 23.9 Å². The topological polar surface area (TPSA) is 122 Å². The lowest BCUT2D eigenvalue weighted by molar-refractivity contribution is 0.0682. The molecule has 0 aromatic heterocycles. The van der Waals surface area contributed by atoms with E-state index in [-0.39, 0.29) is 40.8 Å². The Labute approximate surface area is 337 Å². The summed E-state index contributed by atoms with van der Waals surface area (Å²) in [5.74, 6) is -2.32. The fourth-order valence-electron chi connectivity index (χ4n) is 6.21. The molecular weight excluding hydrogens is 733 g/mol. The number of ketones is 1. The lowest BCUT2D eigenvalue weighted by Crippen LogP contribution is -2.15. The third-order valence-electron chi connectivity index (χ3n) is 9.24. The Morgan fingerprint density at radius 2 is 0.724 bits per heavy atom. The second kappa shape index (κ2) is 20.7. The van der Waals surface area contributed by atoms with Gasteiger partial charge in [0, 0.05) is 6.42 Å². The van der Waals surface area contributed by atoms with E-state index in [0.29, 0.717) is 35.1 Å². The van der Waals surface area contributed by atoms with Crippen LogP contribution < -0.4 is 18.9 Å². The Morgan fingerprint density at radius 3 is 1.17 bits per heavy atom. The largest absolute Gasteiger partial charge is 0.422 e. The number of benzene rings is 6. The van der Waals surface area contributed by atoms with E-state index >= 15 is 0 Å². The highest BCUT2D eigenvalue weighted by atomic mass is 16.6. The fourth-order valence-corrected chi connectivity index (χ4v) is 6.21. The van der Waals surface area contributed by atoms with Gasteiger partial charge in [0.05, 0.1) is 22.3 Å². The van der Waals surface area contributed by atoms with Crippen molar-refractivity contribution >= 4 is 29.7 Å². The summed E-state index contributed by atoms with van der Waals surface area (Å²) in [6, 6.07) is 44.0. The van der Waals surface area contributed by atoms with Crippen LogP contribution in [0.3, 0.4) is 0 Å². The van der Waals surface area contributed by atoms with Crippen molar-refractivity contribution in [2.75, 3.05) is 0 Å². The molecule has 0 saturated carbocycles. The smallest absolute Gasteiger partial charge is 0.343 e. The lowest BCUT2D eigenvalue weighted by atomic mass is 10.0. The normalized spacial score (nSPS) is 10.6. The molecule has 0 N–H and O–H groups in total. The maximum Gasteiger partial charge on any atom is 0.343 e. The molecule has 0 aliphatic carbocycles. The van der Waals surface area contributed by atoms with Crippen molar-refractivity contribution in [3.8, 4) is 23.0 Å². The Kier molecular flexibility index (Phi) is 14.5. The molecule has 0 bridgehead atoms. The maximum absolute atomic E-state index is 13.7. The Morgan fingerprint density at radius 1 is 0.345 bits per heavy atom. The highest BCUT2D eigenvalue weighted by Crippen LogP contribution is 2.33. The molecule has 0 aliphatic rings. The molecule has 6 aromatic rings. The molecule has 0 aliphatic heterocycles. The van der Waals surface area contributed by atoms with Crippen molar-refractivity contribution in [1.29, 1.82) is 0 Å². The Balaban J connectivity index is 1.02. The minimum atomic E-state index is -0.631. The van der Waals surface area contributed by atoms with E-state index in [2.05, 4.69) is 0 Å². The van der Waals surface area contributed by atoms with Crippen molar-refractivity contribution < 1.29 is 42.9 Å². The number of carbonyl (C=O) groups excluding carboxylic acids is 5. The molecule has 58 heavy (non-hydrogen) atoms. The second-order valence-electron chi connectivity index (χ2n) is 13.5. The third-order valence-corrected chi connectivity index (χ3v) is 9.24. The predicted molar refractivity (Wildman–Crippen MR) is 219 cm³/mol. The number of aryl methyl sites for hydroxylation is 1. The molecule has 0 radical (unpaired) electrons. The van der Waals surface area contributed by atoms with E-state index in [9.17, 15) is 24.0 Å². The molecule has 6 rings (SSSR count). The molecule has 0 saturated heterocycles. The number of ether oxygens (including phenoxy) is 4. The number of Topliss-reactive ketones (excluding diaryl/α,β-unsaturated/α-hetero) is 1. The van der Waals surface area contributed by atoms with Crippen LogP contribution in [0.25, 0.3) is 0 Å². The highest BCUT2D eigenvalue weighted by molar-refractivity contribution is 6.04. The first kappa shape index (κ1) is 40.5. The van der Waals surface area contributed by atoms with Gasteiger partial charge in [0.2, 0.25) is 0 Å². The van der Waals surface area contributed by atoms with E-state index in [0.717, 1.165) is 37.7 Å². The summed E-state index contributed by atoms with van der Waals surface area (Å²) in [6.45, 7) is 0. The van der Waals surface area contributed by atoms with Gasteiger partial charge in [0.25, 0.3) is 0 Å². The minimum absolute atomic E-state index is 0.0255. The number of unbranched alkanes of at least 4 members (excludes halogenated alkanes) is 5. The standard InChI is InChI=1S/C49H42O9/c50-40(45-42(56-47(52)37-23-12-6-13-24-37)30-19-31-43(45)57-48(53)38-25-14-7-15-26-38)29-18-4-2-1-3-9-20-35-32-33-41(55-46(51)36-21-10-5-11-22-36)44(34-35)58-49(54)39-27-16-8-17-28-39/h5-8,10-17,19,21-28,30-34H,1-4,9,18,20,29H2. The van der Waals surface area contributed by atoms with Crippen LogP contribution in [0.4, 0.5) is 0 Å². The zero-order valence-electron chi connectivity index (χ0n) is 31.8. The number of esters is 4. The van der Waals surface area contributed by atoms with E-state index < -0.39 is 23.9 Å². The molecule has 0 spiro atoms. The highest BCUT2D eigenvalue weighted by Gasteiger charge is 2.23. The van der Waals surface area contributed by atoms with Gasteiger partial charge in [0.1, 0.15) is 17.1 Å². The van der Waals surface area contributed by atoms with Gasteiger partial charge in [-0.1, -0.05) is 111 Å². The van der Waals surface area contributed by atoms with Gasteiger partial charge in [0.15, 0.2) is 17.3 Å². The number of hydrogen-bond acceptors (Lipinski definition) is 9. The van der Waals surface area contributed by atoms with E-state index in [4.69, 9.17) is 18.9 Å². The Bertz CT molecular complexity index is 2250. The number of carbonyl (C=O) groups is 5. The maximum atomic E-state index is 13.7. The van der Waals surface area contributed by atoms with Gasteiger partial charge in [-0.2, -0.15) is 0 Å². The summed E-state index contributed by atoms with van der Waals surface area (Å²) in [4.78, 5) is 65.4. The van der Waals surface area contributed by atoms with Crippen LogP contribution in [-0.2, 0) is 6.42 Å². The summed E-state index contributed by atoms with van der Waals surface area (Å²) >= 11 is 0. The van der Waals surface area contributed by atoms with Crippen molar-refractivity contribution in [3.05, 3.63) is 191 Å². The molecule has 9 nitrogen and oxygen atoms in total. The van der Waals surface area contributed by atoms with Crippen LogP contribution >= 0.6 is 0 Å². The summed E-state index contributed by atoms with van der Waals surface area (Å²) in [7, 11) is 0. The van der Waals surface area contributed by atoms with Crippen molar-refractivity contribution in [3.63, 3.8) is 0 Å². The lowest BCUT2D eigenvalue weighted by Gasteiger charge is -2.14. The SMILES string of the molecule is O=C(Oc1ccc(CCCCCCCCC(=O)c2c(OC(=O)c3ccccc3)cccc2OC(=O)c2ccccc2)cc1OC(=O)c1ccccc1)c1ccccc1. The summed E-state index contributed by atoms with van der Waals surface area (Å²) in [5.41, 5.74) is 2.36. The summed E-state index contributed by atoms with van der Waals surface area (Å²) in [6.07, 6.45) is 5.87. The summed E-state index contributed by atoms with van der Waals surface area (Å²) in [5, 5.41) is 0. The summed E-state index contributed by atoms with van der Waals surface area (Å²) < 4.78 is 22.7. The molecule has 0 unspecified atom stereocenters. The molecule has 0 fully saturated rings. The molecule has 292 valence electrons. The van der Waals surface area contributed by atoms with Crippen LogP contribution in [-0.4, -0.2) is 29.7 Å². The zero-order valence-corrected chi connectivity index (χ0v) is 31.8. The molecule has 6 aromatic carbocycles. The zero-order chi connectivity index (χ0) is 40.5. The van der Waals surface area contributed by atoms with Gasteiger partial charge in [-0.25, -0.2) is 19.2 Å². The average molecular weight is 775 g/mol. The molecular formula is C49H42O9. The van der Waals surface area contributed by atoms with Gasteiger partial charge in [-0.05, 0) is 97.6 Å². The van der Waals surface area contributed by atoms with Crippen LogP contribution in [0.5, 0.6) is 23.0 Å². The number of rotatable bonds is 18. The number of hydrogen-bond donors (Lipinski definition) is 0. The first-order valence-corrected chi connectivity index (χ1v) is 19.2. The van der Waals surface area contributed by atoms with E-state index in [1.54, 1.807) is 140 Å².